The van der Waals surface area contributed by atoms with Gasteiger partial charge in [-0.2, -0.15) is 9.78 Å². The van der Waals surface area contributed by atoms with E-state index in [1.54, 1.807) is 45.0 Å². The molecule has 23 heavy (non-hydrogen) atoms. The van der Waals surface area contributed by atoms with Crippen LogP contribution in [0, 0.1) is 8.99 Å². The molecular weight excluding hydrogens is 411 g/mol. The van der Waals surface area contributed by atoms with Gasteiger partial charge in [0.2, 0.25) is 0 Å². The van der Waals surface area contributed by atoms with Crippen molar-refractivity contribution in [2.75, 3.05) is 0 Å². The number of ketones is 1. The lowest BCUT2D eigenvalue weighted by molar-refractivity contribution is 0.0694. The lowest BCUT2D eigenvalue weighted by atomic mass is 9.88. The second-order valence-corrected chi connectivity index (χ2v) is 7.27. The third kappa shape index (κ3) is 3.66. The predicted octanol–water partition coefficient (Wildman–Crippen LogP) is 2.76. The molecule has 2 aromatic rings. The molecule has 0 bridgehead atoms. The number of Topliss-reactive ketones (excluding diaryl/α,β-unsaturated/α-hetero) is 1. The van der Waals surface area contributed by atoms with Crippen LogP contribution in [-0.4, -0.2) is 26.6 Å². The third-order valence-corrected chi connectivity index (χ3v) is 3.85. The Balaban J connectivity index is 2.73. The lowest BCUT2D eigenvalue weighted by Crippen LogP contribution is -2.31. The molecule has 0 aliphatic carbocycles. The smallest absolute Gasteiger partial charge is 0.341 e. The Morgan fingerprint density at radius 1 is 1.17 bits per heavy atom. The molecule has 1 N–H and O–H groups in total. The molecule has 0 atom stereocenters. The molecule has 6 nitrogen and oxygen atoms in total. The summed E-state index contributed by atoms with van der Waals surface area (Å²) in [5.74, 6) is -1.72. The maximum absolute atomic E-state index is 12.4. The summed E-state index contributed by atoms with van der Waals surface area (Å²) in [6.45, 7) is 5.12. The summed E-state index contributed by atoms with van der Waals surface area (Å²) in [7, 11) is 0. The fourth-order valence-corrected chi connectivity index (χ4v) is 2.26. The first-order chi connectivity index (χ1) is 10.6. The monoisotopic (exact) mass is 426 g/mol. The molecule has 2 rings (SSSR count). The Kier molecular flexibility index (Phi) is 4.69. The van der Waals surface area contributed by atoms with Gasteiger partial charge in [-0.05, 0) is 52.9 Å². The Morgan fingerprint density at radius 3 is 2.22 bits per heavy atom. The van der Waals surface area contributed by atoms with Gasteiger partial charge in [0.1, 0.15) is 11.3 Å². The average Bonchev–Trinajstić information content (AvgIpc) is 2.46. The number of carbonyl (C=O) groups excluding carboxylic acids is 1. The van der Waals surface area contributed by atoms with Crippen LogP contribution in [0.2, 0.25) is 0 Å². The molecule has 0 fully saturated rings. The van der Waals surface area contributed by atoms with E-state index in [4.69, 9.17) is 0 Å². The van der Waals surface area contributed by atoms with E-state index in [2.05, 4.69) is 27.7 Å². The van der Waals surface area contributed by atoms with E-state index in [0.717, 1.165) is 14.3 Å². The van der Waals surface area contributed by atoms with E-state index in [9.17, 15) is 19.5 Å². The zero-order valence-corrected chi connectivity index (χ0v) is 15.0. The van der Waals surface area contributed by atoms with Crippen molar-refractivity contribution in [3.63, 3.8) is 0 Å². The van der Waals surface area contributed by atoms with E-state index >= 15 is 0 Å². The molecule has 0 radical (unpaired) electrons. The topological polar surface area (TPSA) is 89.3 Å². The number of carbonyl (C=O) groups is 2. The maximum atomic E-state index is 12.4. The van der Waals surface area contributed by atoms with E-state index in [1.165, 1.54) is 0 Å². The Labute approximate surface area is 146 Å². The van der Waals surface area contributed by atoms with Crippen molar-refractivity contribution in [2.45, 2.75) is 20.8 Å². The third-order valence-electron chi connectivity index (χ3n) is 3.13. The zero-order valence-electron chi connectivity index (χ0n) is 12.8. The van der Waals surface area contributed by atoms with Gasteiger partial charge in [0.25, 0.3) is 5.56 Å². The molecule has 1 aromatic carbocycles. The van der Waals surface area contributed by atoms with Crippen molar-refractivity contribution in [3.05, 3.63) is 55.5 Å². The van der Waals surface area contributed by atoms with Crippen LogP contribution >= 0.6 is 22.6 Å². The molecule has 0 amide bonds. The number of aromatic carboxylic acids is 1. The van der Waals surface area contributed by atoms with Gasteiger partial charge in [0.05, 0.1) is 5.69 Å². The number of rotatable bonds is 3. The van der Waals surface area contributed by atoms with Gasteiger partial charge in [-0.25, -0.2) is 4.79 Å². The van der Waals surface area contributed by atoms with Crippen molar-refractivity contribution in [3.8, 4) is 5.69 Å². The summed E-state index contributed by atoms with van der Waals surface area (Å²) in [6, 6.07) is 7.87. The first-order valence-corrected chi connectivity index (χ1v) is 7.87. The second-order valence-electron chi connectivity index (χ2n) is 6.02. The normalized spacial score (nSPS) is 11.3. The minimum Gasteiger partial charge on any atom is -0.477 e. The van der Waals surface area contributed by atoms with Crippen molar-refractivity contribution in [1.29, 1.82) is 0 Å². The molecule has 1 aromatic heterocycles. The first kappa shape index (κ1) is 17.3. The first-order valence-electron chi connectivity index (χ1n) is 6.79. The second kappa shape index (κ2) is 6.23. The van der Waals surface area contributed by atoms with Gasteiger partial charge >= 0.3 is 5.97 Å². The quantitative estimate of drug-likeness (QED) is 0.603. The van der Waals surface area contributed by atoms with Crippen molar-refractivity contribution >= 4 is 34.3 Å². The van der Waals surface area contributed by atoms with Crippen molar-refractivity contribution in [1.82, 2.24) is 9.78 Å². The number of benzene rings is 1. The van der Waals surface area contributed by atoms with E-state index in [0.29, 0.717) is 5.69 Å². The number of hydrogen-bond acceptors (Lipinski definition) is 4. The summed E-state index contributed by atoms with van der Waals surface area (Å²) >= 11 is 2.11. The molecule has 120 valence electrons. The Bertz CT molecular complexity index is 833. The van der Waals surface area contributed by atoms with Crippen LogP contribution in [0.25, 0.3) is 5.69 Å². The molecular formula is C16H15IN2O4. The number of aromatic nitrogens is 2. The number of nitrogens with zero attached hydrogens (tertiary/aromatic N) is 2. The van der Waals surface area contributed by atoms with Crippen LogP contribution in [-0.2, 0) is 0 Å². The highest BCUT2D eigenvalue weighted by molar-refractivity contribution is 14.1. The summed E-state index contributed by atoms with van der Waals surface area (Å²) in [5.41, 5.74) is -1.64. The molecule has 0 aliphatic heterocycles. The van der Waals surface area contributed by atoms with Gasteiger partial charge in [-0.3, -0.25) is 9.59 Å². The van der Waals surface area contributed by atoms with E-state index in [1.807, 2.05) is 0 Å². The lowest BCUT2D eigenvalue weighted by Gasteiger charge is -2.17. The highest BCUT2D eigenvalue weighted by Crippen LogP contribution is 2.20. The van der Waals surface area contributed by atoms with Crippen LogP contribution in [0.1, 0.15) is 41.6 Å². The molecule has 0 unspecified atom stereocenters. The molecule has 0 saturated heterocycles. The average molecular weight is 426 g/mol. The van der Waals surface area contributed by atoms with Gasteiger partial charge in [-0.15, -0.1) is 0 Å². The minimum atomic E-state index is -1.39. The van der Waals surface area contributed by atoms with E-state index in [-0.39, 0.29) is 11.5 Å². The van der Waals surface area contributed by atoms with Gasteiger partial charge in [-0.1, -0.05) is 20.8 Å². The van der Waals surface area contributed by atoms with Gasteiger partial charge in [0, 0.05) is 8.99 Å². The van der Waals surface area contributed by atoms with Crippen molar-refractivity contribution < 1.29 is 14.7 Å². The van der Waals surface area contributed by atoms with Crippen LogP contribution in [0.4, 0.5) is 0 Å². The zero-order chi connectivity index (χ0) is 17.4. The van der Waals surface area contributed by atoms with Gasteiger partial charge in [0.15, 0.2) is 5.78 Å². The number of carboxylic acid groups (broad SMARTS) is 1. The fraction of sp³-hybridized carbons (Fsp3) is 0.250. The SMILES string of the molecule is CC(C)(C)C(=O)c1cc(C(=O)O)c(=O)n(-c2ccc(I)cc2)n1. The minimum absolute atomic E-state index is 0.0481. The highest BCUT2D eigenvalue weighted by atomic mass is 127. The summed E-state index contributed by atoms with van der Waals surface area (Å²) in [4.78, 5) is 36.1. The molecule has 0 saturated carbocycles. The van der Waals surface area contributed by atoms with Crippen molar-refractivity contribution in [2.24, 2.45) is 5.41 Å². The predicted molar refractivity (Wildman–Crippen MR) is 93.3 cm³/mol. The number of hydrogen-bond donors (Lipinski definition) is 1. The summed E-state index contributed by atoms with van der Waals surface area (Å²) in [6.07, 6.45) is 0. The van der Waals surface area contributed by atoms with Gasteiger partial charge < -0.3 is 5.11 Å². The molecule has 7 heteroatoms. The fourth-order valence-electron chi connectivity index (χ4n) is 1.90. The van der Waals surface area contributed by atoms with Crippen LogP contribution in [0.5, 0.6) is 0 Å². The number of halogens is 1. The van der Waals surface area contributed by atoms with E-state index < -0.39 is 22.5 Å². The Hall–Kier alpha value is -2.03. The summed E-state index contributed by atoms with van der Waals surface area (Å²) in [5, 5.41) is 13.3. The maximum Gasteiger partial charge on any atom is 0.341 e. The molecule has 0 spiro atoms. The van der Waals surface area contributed by atoms with Crippen LogP contribution < -0.4 is 5.56 Å². The largest absolute Gasteiger partial charge is 0.477 e. The van der Waals surface area contributed by atoms with Crippen LogP contribution in [0.15, 0.2) is 35.1 Å². The highest BCUT2D eigenvalue weighted by Gasteiger charge is 2.27. The molecule has 1 heterocycles. The summed E-state index contributed by atoms with van der Waals surface area (Å²) < 4.78 is 1.91. The Morgan fingerprint density at radius 2 is 1.74 bits per heavy atom. The van der Waals surface area contributed by atoms with Crippen LogP contribution in [0.3, 0.4) is 0 Å². The molecule has 0 aliphatic rings. The standard InChI is InChI=1S/C16H15IN2O4/c1-16(2,3)13(20)12-8-11(15(22)23)14(21)19(18-12)10-6-4-9(17)5-7-10/h4-8H,1-3H3,(H,22,23). The number of carboxylic acids is 1.